The van der Waals surface area contributed by atoms with E-state index in [1.54, 1.807) is 12.1 Å². The van der Waals surface area contributed by atoms with Gasteiger partial charge in [-0.1, -0.05) is 11.6 Å². The van der Waals surface area contributed by atoms with Gasteiger partial charge < -0.3 is 15.4 Å². The molecule has 1 heterocycles. The molecule has 1 saturated heterocycles. The van der Waals surface area contributed by atoms with E-state index in [2.05, 4.69) is 10.6 Å². The number of ether oxygens (including phenoxy) is 1. The van der Waals surface area contributed by atoms with Crippen molar-refractivity contribution >= 4 is 17.5 Å². The molecule has 1 aromatic carbocycles. The van der Waals surface area contributed by atoms with Gasteiger partial charge in [0.05, 0.1) is 11.7 Å². The number of benzene rings is 1. The highest BCUT2D eigenvalue weighted by Crippen LogP contribution is 2.28. The van der Waals surface area contributed by atoms with Crippen LogP contribution in [0.3, 0.4) is 0 Å². The van der Waals surface area contributed by atoms with Gasteiger partial charge in [-0.05, 0) is 56.8 Å². The Hall–Kier alpha value is -1.26. The summed E-state index contributed by atoms with van der Waals surface area (Å²) in [6.07, 6.45) is 5.73. The Morgan fingerprint density at radius 3 is 2.81 bits per heavy atom. The summed E-state index contributed by atoms with van der Waals surface area (Å²) in [5.74, 6) is 0.550. The van der Waals surface area contributed by atoms with Crippen molar-refractivity contribution in [1.29, 1.82) is 0 Å². The zero-order chi connectivity index (χ0) is 14.7. The van der Waals surface area contributed by atoms with Crippen LogP contribution < -0.4 is 15.4 Å². The summed E-state index contributed by atoms with van der Waals surface area (Å²) < 4.78 is 6.01. The largest absolute Gasteiger partial charge is 0.490 e. The SMILES string of the molecule is O=C(NC1CCNC1)c1cc(Cl)ccc1OC1CCCC1. The van der Waals surface area contributed by atoms with Crippen LogP contribution >= 0.6 is 11.6 Å². The quantitative estimate of drug-likeness (QED) is 0.899. The Morgan fingerprint density at radius 2 is 2.10 bits per heavy atom. The molecule has 4 nitrogen and oxygen atoms in total. The molecule has 0 spiro atoms. The fourth-order valence-electron chi connectivity index (χ4n) is 3.01. The number of nitrogens with one attached hydrogen (secondary N) is 2. The summed E-state index contributed by atoms with van der Waals surface area (Å²) in [6, 6.07) is 5.47. The predicted octanol–water partition coefficient (Wildman–Crippen LogP) is 2.75. The van der Waals surface area contributed by atoms with Crippen molar-refractivity contribution in [1.82, 2.24) is 10.6 Å². The topological polar surface area (TPSA) is 50.4 Å². The normalized spacial score (nSPS) is 22.4. The number of hydrogen-bond acceptors (Lipinski definition) is 3. The van der Waals surface area contributed by atoms with Crippen LogP contribution in [0.2, 0.25) is 5.02 Å². The van der Waals surface area contributed by atoms with E-state index in [-0.39, 0.29) is 18.1 Å². The zero-order valence-corrected chi connectivity index (χ0v) is 12.8. The van der Waals surface area contributed by atoms with Gasteiger partial charge in [0.1, 0.15) is 5.75 Å². The fourth-order valence-corrected chi connectivity index (χ4v) is 3.18. The average Bonchev–Trinajstić information content (AvgIpc) is 3.14. The molecule has 1 amide bonds. The molecule has 1 atom stereocenters. The molecule has 0 aromatic heterocycles. The average molecular weight is 309 g/mol. The first kappa shape index (κ1) is 14.7. The molecule has 2 aliphatic rings. The number of amides is 1. The Balaban J connectivity index is 1.74. The van der Waals surface area contributed by atoms with E-state index >= 15 is 0 Å². The van der Waals surface area contributed by atoms with Crippen LogP contribution in [0.25, 0.3) is 0 Å². The van der Waals surface area contributed by atoms with Gasteiger partial charge >= 0.3 is 0 Å². The molecule has 2 fully saturated rings. The minimum absolute atomic E-state index is 0.0980. The lowest BCUT2D eigenvalue weighted by molar-refractivity contribution is 0.0933. The molecule has 1 aliphatic heterocycles. The van der Waals surface area contributed by atoms with Crippen molar-refractivity contribution < 1.29 is 9.53 Å². The predicted molar refractivity (Wildman–Crippen MR) is 83.1 cm³/mol. The number of carbonyl (C=O) groups excluding carboxylic acids is 1. The molecule has 5 heteroatoms. The highest BCUT2D eigenvalue weighted by Gasteiger charge is 2.23. The van der Waals surface area contributed by atoms with Gasteiger partial charge in [0.25, 0.3) is 5.91 Å². The highest BCUT2D eigenvalue weighted by atomic mass is 35.5. The summed E-state index contributed by atoms with van der Waals surface area (Å²) in [5, 5.41) is 6.85. The second-order valence-electron chi connectivity index (χ2n) is 5.83. The second kappa shape index (κ2) is 6.67. The van der Waals surface area contributed by atoms with E-state index in [4.69, 9.17) is 16.3 Å². The number of halogens is 1. The molecular formula is C16H21ClN2O2. The Morgan fingerprint density at radius 1 is 1.29 bits per heavy atom. The first-order valence-electron chi connectivity index (χ1n) is 7.70. The molecule has 3 rings (SSSR count). The molecule has 0 radical (unpaired) electrons. The third-order valence-corrected chi connectivity index (χ3v) is 4.41. The summed E-state index contributed by atoms with van der Waals surface area (Å²) in [6.45, 7) is 1.77. The lowest BCUT2D eigenvalue weighted by Gasteiger charge is -2.18. The van der Waals surface area contributed by atoms with E-state index in [0.717, 1.165) is 32.4 Å². The van der Waals surface area contributed by atoms with E-state index in [9.17, 15) is 4.79 Å². The lowest BCUT2D eigenvalue weighted by Crippen LogP contribution is -2.36. The fraction of sp³-hybridized carbons (Fsp3) is 0.562. The van der Waals surface area contributed by atoms with Gasteiger partial charge in [-0.3, -0.25) is 4.79 Å². The van der Waals surface area contributed by atoms with E-state index in [1.165, 1.54) is 12.8 Å². The molecule has 1 aromatic rings. The third-order valence-electron chi connectivity index (χ3n) is 4.18. The maximum atomic E-state index is 12.5. The van der Waals surface area contributed by atoms with Crippen LogP contribution in [0.5, 0.6) is 5.75 Å². The van der Waals surface area contributed by atoms with Gasteiger partial charge in [-0.15, -0.1) is 0 Å². The Bertz CT molecular complexity index is 509. The molecule has 1 aliphatic carbocycles. The van der Waals surface area contributed by atoms with Crippen molar-refractivity contribution in [3.63, 3.8) is 0 Å². The van der Waals surface area contributed by atoms with Gasteiger partial charge in [-0.2, -0.15) is 0 Å². The van der Waals surface area contributed by atoms with Crippen LogP contribution in [0.4, 0.5) is 0 Å². The first-order valence-corrected chi connectivity index (χ1v) is 8.08. The van der Waals surface area contributed by atoms with E-state index in [0.29, 0.717) is 16.3 Å². The first-order chi connectivity index (χ1) is 10.2. The molecule has 114 valence electrons. The smallest absolute Gasteiger partial charge is 0.255 e. The molecule has 1 saturated carbocycles. The van der Waals surface area contributed by atoms with Gasteiger partial charge in [0.15, 0.2) is 0 Å². The molecule has 21 heavy (non-hydrogen) atoms. The van der Waals surface area contributed by atoms with Crippen LogP contribution in [0, 0.1) is 0 Å². The number of rotatable bonds is 4. The molecule has 2 N–H and O–H groups in total. The number of hydrogen-bond donors (Lipinski definition) is 2. The third kappa shape index (κ3) is 3.69. The summed E-state index contributed by atoms with van der Waals surface area (Å²) in [7, 11) is 0. The minimum Gasteiger partial charge on any atom is -0.490 e. The molecule has 0 bridgehead atoms. The van der Waals surface area contributed by atoms with E-state index in [1.807, 2.05) is 6.07 Å². The van der Waals surface area contributed by atoms with Crippen LogP contribution in [0.1, 0.15) is 42.5 Å². The van der Waals surface area contributed by atoms with Gasteiger partial charge in [0, 0.05) is 17.6 Å². The molecule has 1 unspecified atom stereocenters. The van der Waals surface area contributed by atoms with Crippen molar-refractivity contribution in [3.05, 3.63) is 28.8 Å². The molecular weight excluding hydrogens is 288 g/mol. The monoisotopic (exact) mass is 308 g/mol. The van der Waals surface area contributed by atoms with Crippen LogP contribution in [-0.4, -0.2) is 31.1 Å². The van der Waals surface area contributed by atoms with Crippen molar-refractivity contribution in [2.24, 2.45) is 0 Å². The second-order valence-corrected chi connectivity index (χ2v) is 6.26. The van der Waals surface area contributed by atoms with E-state index < -0.39 is 0 Å². The zero-order valence-electron chi connectivity index (χ0n) is 12.0. The van der Waals surface area contributed by atoms with Crippen molar-refractivity contribution in [3.8, 4) is 5.75 Å². The summed E-state index contributed by atoms with van der Waals surface area (Å²) >= 11 is 6.05. The van der Waals surface area contributed by atoms with Gasteiger partial charge in [-0.25, -0.2) is 0 Å². The number of carbonyl (C=O) groups is 1. The lowest BCUT2D eigenvalue weighted by atomic mass is 10.1. The Labute approximate surface area is 130 Å². The van der Waals surface area contributed by atoms with Gasteiger partial charge in [0.2, 0.25) is 0 Å². The summed E-state index contributed by atoms with van der Waals surface area (Å²) in [4.78, 5) is 12.5. The van der Waals surface area contributed by atoms with Crippen molar-refractivity contribution in [2.75, 3.05) is 13.1 Å². The minimum atomic E-state index is -0.0980. The maximum absolute atomic E-state index is 12.5. The van der Waals surface area contributed by atoms with Crippen LogP contribution in [0.15, 0.2) is 18.2 Å². The van der Waals surface area contributed by atoms with Crippen molar-refractivity contribution in [2.45, 2.75) is 44.2 Å². The standard InChI is InChI=1S/C16H21ClN2O2/c17-11-5-6-15(21-13-3-1-2-4-13)14(9-11)16(20)19-12-7-8-18-10-12/h5-6,9,12-13,18H,1-4,7-8,10H2,(H,19,20). The summed E-state index contributed by atoms with van der Waals surface area (Å²) in [5.41, 5.74) is 0.543. The Kier molecular flexibility index (Phi) is 4.66. The maximum Gasteiger partial charge on any atom is 0.255 e. The highest BCUT2D eigenvalue weighted by molar-refractivity contribution is 6.31. The van der Waals surface area contributed by atoms with Crippen LogP contribution in [-0.2, 0) is 0 Å².